The molecule has 0 fully saturated rings. The van der Waals surface area contributed by atoms with Gasteiger partial charge in [-0.05, 0) is 19.9 Å². The van der Waals surface area contributed by atoms with Gasteiger partial charge in [-0.25, -0.2) is 0 Å². The van der Waals surface area contributed by atoms with E-state index in [2.05, 4.69) is 11.9 Å². The number of carbonyl (C=O) groups excluding carboxylic acids is 1. The Balaban J connectivity index is -0.000000720. The van der Waals surface area contributed by atoms with Gasteiger partial charge in [0.1, 0.15) is 4.75 Å². The van der Waals surface area contributed by atoms with Gasteiger partial charge in [-0.15, -0.1) is 0 Å². The summed E-state index contributed by atoms with van der Waals surface area (Å²) in [6, 6.07) is 0. The molecule has 0 bridgehead atoms. The minimum atomic E-state index is -4.16. The minimum Gasteiger partial charge on any atom is -1.00 e. The molecule has 0 aliphatic carbocycles. The van der Waals surface area contributed by atoms with E-state index in [0.29, 0.717) is 0 Å². The van der Waals surface area contributed by atoms with Gasteiger partial charge in [-0.3, -0.25) is 9.35 Å². The van der Waals surface area contributed by atoms with Crippen molar-refractivity contribution in [3.05, 3.63) is 12.7 Å². The van der Waals surface area contributed by atoms with Gasteiger partial charge in [0.05, 0.1) is 0 Å². The van der Waals surface area contributed by atoms with Crippen LogP contribution in [0, 0.1) is 0 Å². The Kier molecular flexibility index (Phi) is 6.94. The molecule has 0 aromatic heterocycles. The summed E-state index contributed by atoms with van der Waals surface area (Å²) in [6.45, 7) is 5.67. The summed E-state index contributed by atoms with van der Waals surface area (Å²) in [4.78, 5) is 10.7. The second-order valence-electron chi connectivity index (χ2n) is 3.16. The number of hydrogen-bond donors (Lipinski definition) is 2. The van der Waals surface area contributed by atoms with Crippen LogP contribution in [0.15, 0.2) is 12.7 Å². The van der Waals surface area contributed by atoms with Gasteiger partial charge in [0.15, 0.2) is 0 Å². The average molecular weight is 231 g/mol. The summed E-state index contributed by atoms with van der Waals surface area (Å²) >= 11 is 0. The fraction of sp³-hybridized carbons (Fsp3) is 0.571. The fourth-order valence-corrected chi connectivity index (χ4v) is 0.718. The maximum Gasteiger partial charge on any atom is 1.00 e. The van der Waals surface area contributed by atoms with Crippen LogP contribution in [0.1, 0.15) is 15.3 Å². The zero-order chi connectivity index (χ0) is 10.7. The molecule has 0 aromatic carbocycles. The van der Waals surface area contributed by atoms with Gasteiger partial charge >= 0.3 is 29.6 Å². The van der Waals surface area contributed by atoms with Crippen molar-refractivity contribution in [3.63, 3.8) is 0 Å². The third-order valence-electron chi connectivity index (χ3n) is 1.57. The van der Waals surface area contributed by atoms with Crippen LogP contribution in [0.5, 0.6) is 0 Å². The number of rotatable bonds is 4. The van der Waals surface area contributed by atoms with Crippen molar-refractivity contribution in [3.8, 4) is 0 Å². The van der Waals surface area contributed by atoms with Crippen LogP contribution in [-0.2, 0) is 14.9 Å². The normalized spacial score (nSPS) is 11.4. The summed E-state index contributed by atoms with van der Waals surface area (Å²) in [7, 11) is -4.16. The summed E-state index contributed by atoms with van der Waals surface area (Å²) in [5, 5.41) is 2.28. The van der Waals surface area contributed by atoms with Crippen molar-refractivity contribution in [1.82, 2.24) is 5.32 Å². The van der Waals surface area contributed by atoms with Crippen LogP contribution in [-0.4, -0.2) is 30.2 Å². The molecule has 0 radical (unpaired) electrons. The molecule has 0 aliphatic heterocycles. The van der Waals surface area contributed by atoms with Crippen molar-refractivity contribution < 1.29 is 48.7 Å². The third-order valence-corrected chi connectivity index (χ3v) is 3.11. The first kappa shape index (κ1) is 16.5. The summed E-state index contributed by atoms with van der Waals surface area (Å²) in [5.41, 5.74) is 0. The number of amides is 1. The Morgan fingerprint density at radius 2 is 2.07 bits per heavy atom. The smallest absolute Gasteiger partial charge is 1.00 e. The van der Waals surface area contributed by atoms with Crippen LogP contribution in [0.4, 0.5) is 0 Å². The monoisotopic (exact) mass is 231 g/mol. The van der Waals surface area contributed by atoms with E-state index in [9.17, 15) is 13.2 Å². The maximum atomic E-state index is 10.7. The topological polar surface area (TPSA) is 83.5 Å². The molecule has 0 saturated heterocycles. The van der Waals surface area contributed by atoms with Crippen molar-refractivity contribution in [1.29, 1.82) is 0 Å². The first-order valence-corrected chi connectivity index (χ1v) is 5.02. The quantitative estimate of drug-likeness (QED) is 0.308. The third kappa shape index (κ3) is 5.11. The Bertz CT molecular complexity index is 315. The van der Waals surface area contributed by atoms with E-state index in [1.807, 2.05) is 0 Å². The Hall–Kier alpha value is 0.120. The number of hydrogen-bond acceptors (Lipinski definition) is 3. The first-order chi connectivity index (χ1) is 5.70. The van der Waals surface area contributed by atoms with Crippen molar-refractivity contribution in [2.24, 2.45) is 0 Å². The second kappa shape index (κ2) is 5.87. The molecular formula is C7H14NNaO4S. The van der Waals surface area contributed by atoms with Crippen LogP contribution in [0.2, 0.25) is 0 Å². The van der Waals surface area contributed by atoms with Crippen LogP contribution in [0.3, 0.4) is 0 Å². The number of carbonyl (C=O) groups is 1. The van der Waals surface area contributed by atoms with Crippen LogP contribution < -0.4 is 34.9 Å². The van der Waals surface area contributed by atoms with Gasteiger partial charge in [0.25, 0.3) is 10.1 Å². The SMILES string of the molecule is C=CC(=O)NCC(C)(C)S(=O)(=O)O.[H-].[Na+]. The van der Waals surface area contributed by atoms with Gasteiger partial charge in [0, 0.05) is 6.54 Å². The first-order valence-electron chi connectivity index (χ1n) is 3.58. The standard InChI is InChI=1S/C7H13NO4S.Na.H/c1-4-6(9)8-5-7(2,3)13(10,11)12;;/h4H,1,5H2,2-3H3,(H,8,9)(H,10,11,12);;/q;+1;-1. The average Bonchev–Trinajstić information content (AvgIpc) is 1.98. The molecule has 2 N–H and O–H groups in total. The summed E-state index contributed by atoms with van der Waals surface area (Å²) < 4.78 is 28.8. The van der Waals surface area contributed by atoms with Gasteiger partial charge in [-0.1, -0.05) is 6.58 Å². The molecule has 5 nitrogen and oxygen atoms in total. The maximum absolute atomic E-state index is 10.7. The fourth-order valence-electron chi connectivity index (χ4n) is 0.463. The molecule has 78 valence electrons. The Labute approximate surface area is 107 Å². The molecule has 0 atom stereocenters. The van der Waals surface area contributed by atoms with E-state index in [1.54, 1.807) is 0 Å². The molecule has 0 heterocycles. The molecule has 14 heavy (non-hydrogen) atoms. The number of nitrogens with one attached hydrogen (secondary N) is 1. The molecule has 1 amide bonds. The van der Waals surface area contributed by atoms with Gasteiger partial charge < -0.3 is 6.74 Å². The molecule has 0 saturated carbocycles. The second-order valence-corrected chi connectivity index (χ2v) is 5.21. The minimum absolute atomic E-state index is 0. The van der Waals surface area contributed by atoms with Crippen LogP contribution >= 0.6 is 0 Å². The van der Waals surface area contributed by atoms with Crippen molar-refractivity contribution in [2.75, 3.05) is 6.54 Å². The van der Waals surface area contributed by atoms with Gasteiger partial charge in [-0.2, -0.15) is 8.42 Å². The van der Waals surface area contributed by atoms with E-state index in [-0.39, 0.29) is 37.5 Å². The van der Waals surface area contributed by atoms with Crippen molar-refractivity contribution >= 4 is 16.0 Å². The molecule has 0 aliphatic rings. The van der Waals surface area contributed by atoms with E-state index < -0.39 is 20.8 Å². The predicted octanol–water partition coefficient (Wildman–Crippen LogP) is -2.93. The van der Waals surface area contributed by atoms with Crippen molar-refractivity contribution in [2.45, 2.75) is 18.6 Å². The van der Waals surface area contributed by atoms with E-state index >= 15 is 0 Å². The molecule has 0 rings (SSSR count). The zero-order valence-corrected chi connectivity index (χ0v) is 11.4. The molecule has 0 aromatic rings. The summed E-state index contributed by atoms with van der Waals surface area (Å²) in [5.74, 6) is -0.475. The molecular weight excluding hydrogens is 217 g/mol. The molecule has 0 unspecified atom stereocenters. The molecule has 0 spiro atoms. The Morgan fingerprint density at radius 3 is 2.36 bits per heavy atom. The molecule has 7 heteroatoms. The Morgan fingerprint density at radius 1 is 1.64 bits per heavy atom. The van der Waals surface area contributed by atoms with Gasteiger partial charge in [0.2, 0.25) is 5.91 Å². The largest absolute Gasteiger partial charge is 1.00 e. The van der Waals surface area contributed by atoms with E-state index in [0.717, 1.165) is 6.08 Å². The van der Waals surface area contributed by atoms with E-state index in [4.69, 9.17) is 4.55 Å². The zero-order valence-electron chi connectivity index (χ0n) is 9.57. The summed E-state index contributed by atoms with van der Waals surface area (Å²) in [6.07, 6.45) is 1.03. The van der Waals surface area contributed by atoms with Crippen LogP contribution in [0.25, 0.3) is 0 Å². The predicted molar refractivity (Wildman–Crippen MR) is 49.9 cm³/mol. The van der Waals surface area contributed by atoms with E-state index in [1.165, 1.54) is 13.8 Å².